The van der Waals surface area contributed by atoms with Gasteiger partial charge in [0.15, 0.2) is 15.0 Å². The number of amides is 1. The topological polar surface area (TPSA) is 70.0 Å². The first-order valence-electron chi connectivity index (χ1n) is 8.40. The number of sulfone groups is 1. The third-order valence-corrected chi connectivity index (χ3v) is 8.05. The number of aliphatic imine (C=N–C) groups is 1. The summed E-state index contributed by atoms with van der Waals surface area (Å²) in [4.78, 5) is 20.5. The van der Waals surface area contributed by atoms with Crippen molar-refractivity contribution in [2.45, 2.75) is 24.1 Å². The molecule has 0 aromatic heterocycles. The molecule has 2 atom stereocenters. The minimum absolute atomic E-state index is 0.0516. The molecule has 1 aromatic carbocycles. The number of rotatable bonds is 3. The van der Waals surface area contributed by atoms with Crippen LogP contribution >= 0.6 is 11.8 Å². The molecule has 3 fully saturated rings. The van der Waals surface area contributed by atoms with E-state index in [2.05, 4.69) is 4.99 Å². The van der Waals surface area contributed by atoms with E-state index in [0.717, 1.165) is 24.2 Å². The Bertz CT molecular complexity index is 829. The molecule has 1 saturated carbocycles. The van der Waals surface area contributed by atoms with Gasteiger partial charge < -0.3 is 9.80 Å². The molecule has 0 radical (unpaired) electrons. The van der Waals surface area contributed by atoms with Crippen molar-refractivity contribution < 1.29 is 13.2 Å². The highest BCUT2D eigenvalue weighted by molar-refractivity contribution is 8.16. The molecule has 25 heavy (non-hydrogen) atoms. The van der Waals surface area contributed by atoms with Crippen molar-refractivity contribution in [1.82, 2.24) is 0 Å². The molecule has 6 nitrogen and oxygen atoms in total. The highest BCUT2D eigenvalue weighted by Gasteiger charge is 2.49. The van der Waals surface area contributed by atoms with Crippen LogP contribution in [0.4, 0.5) is 11.4 Å². The van der Waals surface area contributed by atoms with E-state index in [0.29, 0.717) is 5.17 Å². The Morgan fingerprint density at radius 2 is 1.88 bits per heavy atom. The van der Waals surface area contributed by atoms with E-state index < -0.39 is 9.84 Å². The number of hydrogen-bond donors (Lipinski definition) is 0. The van der Waals surface area contributed by atoms with Gasteiger partial charge in [-0.15, -0.1) is 0 Å². The predicted molar refractivity (Wildman–Crippen MR) is 102 cm³/mol. The molecule has 0 spiro atoms. The summed E-state index contributed by atoms with van der Waals surface area (Å²) in [5.74, 6) is 0.276. The number of nitrogens with zero attached hydrogens (tertiary/aromatic N) is 3. The first-order valence-corrected chi connectivity index (χ1v) is 11.1. The summed E-state index contributed by atoms with van der Waals surface area (Å²) in [7, 11) is 0.913. The summed E-state index contributed by atoms with van der Waals surface area (Å²) in [5, 5.41) is 0.601. The van der Waals surface area contributed by atoms with Crippen LogP contribution in [-0.2, 0) is 14.6 Å². The van der Waals surface area contributed by atoms with Crippen molar-refractivity contribution in [2.24, 2.45) is 10.9 Å². The predicted octanol–water partition coefficient (Wildman–Crippen LogP) is 1.76. The highest BCUT2D eigenvalue weighted by Crippen LogP contribution is 2.42. The summed E-state index contributed by atoms with van der Waals surface area (Å²) < 4.78 is 24.1. The first kappa shape index (κ1) is 16.9. The van der Waals surface area contributed by atoms with Crippen LogP contribution in [0.25, 0.3) is 0 Å². The van der Waals surface area contributed by atoms with Crippen molar-refractivity contribution in [3.63, 3.8) is 0 Å². The molecular formula is C17H21N3O3S2. The maximum atomic E-state index is 12.2. The van der Waals surface area contributed by atoms with Gasteiger partial charge in [0.25, 0.3) is 5.91 Å². The standard InChI is InChI=1S/C17H21N3O3S2/c1-19(2)12-5-7-13(8-6-12)20-14-9-25(22,23)10-15(14)24-17(20)18-16(21)11-3-4-11/h5-8,11,14-15H,3-4,9-10H2,1-2H3. The molecule has 1 amide bonds. The highest BCUT2D eigenvalue weighted by atomic mass is 32.2. The fourth-order valence-corrected chi connectivity index (χ4v) is 7.21. The van der Waals surface area contributed by atoms with E-state index in [1.54, 1.807) is 0 Å². The van der Waals surface area contributed by atoms with Crippen molar-refractivity contribution >= 4 is 44.0 Å². The van der Waals surface area contributed by atoms with Gasteiger partial charge in [0, 0.05) is 36.6 Å². The molecule has 1 aromatic rings. The number of fused-ring (bicyclic) bond motifs is 1. The number of thioether (sulfide) groups is 1. The summed E-state index contributed by atoms with van der Waals surface area (Å²) in [6.45, 7) is 0. The number of amidine groups is 1. The average molecular weight is 380 g/mol. The number of benzene rings is 1. The normalized spacial score (nSPS) is 29.0. The maximum absolute atomic E-state index is 12.2. The van der Waals surface area contributed by atoms with Gasteiger partial charge in [0.1, 0.15) is 0 Å². The number of carbonyl (C=O) groups is 1. The second kappa shape index (κ2) is 6.02. The summed E-state index contributed by atoms with van der Waals surface area (Å²) in [6, 6.07) is 7.79. The van der Waals surface area contributed by atoms with Crippen molar-refractivity contribution in [3.8, 4) is 0 Å². The van der Waals surface area contributed by atoms with Crippen LogP contribution in [0.1, 0.15) is 12.8 Å². The first-order chi connectivity index (χ1) is 11.8. The van der Waals surface area contributed by atoms with Crippen LogP contribution in [0, 0.1) is 5.92 Å². The number of anilines is 2. The molecular weight excluding hydrogens is 358 g/mol. The maximum Gasteiger partial charge on any atom is 0.251 e. The van der Waals surface area contributed by atoms with Crippen molar-refractivity contribution in [1.29, 1.82) is 0 Å². The zero-order chi connectivity index (χ0) is 17.8. The quantitative estimate of drug-likeness (QED) is 0.797. The van der Waals surface area contributed by atoms with Crippen molar-refractivity contribution in [2.75, 3.05) is 35.4 Å². The average Bonchev–Trinajstić information content (AvgIpc) is 3.28. The summed E-state index contributed by atoms with van der Waals surface area (Å²) >= 11 is 1.44. The van der Waals surface area contributed by atoms with Crippen LogP contribution < -0.4 is 9.80 Å². The monoisotopic (exact) mass is 379 g/mol. The fourth-order valence-electron chi connectivity index (χ4n) is 3.29. The number of hydrogen-bond acceptors (Lipinski definition) is 5. The van der Waals surface area contributed by atoms with Gasteiger partial charge in [0.2, 0.25) is 0 Å². The lowest BCUT2D eigenvalue weighted by atomic mass is 10.2. The molecule has 0 bridgehead atoms. The Hall–Kier alpha value is -1.54. The molecule has 2 heterocycles. The third-order valence-electron chi connectivity index (χ3n) is 4.84. The van der Waals surface area contributed by atoms with Crippen LogP contribution in [0.3, 0.4) is 0 Å². The van der Waals surface area contributed by atoms with Gasteiger partial charge in [-0.1, -0.05) is 11.8 Å². The molecule has 3 aliphatic rings. The van der Waals surface area contributed by atoms with Gasteiger partial charge in [-0.3, -0.25) is 4.79 Å². The van der Waals surface area contributed by atoms with Gasteiger partial charge in [-0.25, -0.2) is 8.42 Å². The second-order valence-electron chi connectivity index (χ2n) is 7.09. The van der Waals surface area contributed by atoms with Crippen LogP contribution in [-0.4, -0.2) is 56.4 Å². The molecule has 2 aliphatic heterocycles. The van der Waals surface area contributed by atoms with E-state index in [9.17, 15) is 13.2 Å². The molecule has 0 N–H and O–H groups in total. The van der Waals surface area contributed by atoms with Gasteiger partial charge >= 0.3 is 0 Å². The molecule has 2 saturated heterocycles. The Labute approximate surface area is 152 Å². The Morgan fingerprint density at radius 1 is 1.20 bits per heavy atom. The van der Waals surface area contributed by atoms with Crippen LogP contribution in [0.5, 0.6) is 0 Å². The largest absolute Gasteiger partial charge is 0.378 e. The lowest BCUT2D eigenvalue weighted by Gasteiger charge is -2.25. The Morgan fingerprint density at radius 3 is 2.48 bits per heavy atom. The molecule has 4 rings (SSSR count). The van der Waals surface area contributed by atoms with Crippen LogP contribution in [0.2, 0.25) is 0 Å². The minimum Gasteiger partial charge on any atom is -0.378 e. The van der Waals surface area contributed by atoms with E-state index in [1.807, 2.05) is 48.2 Å². The zero-order valence-electron chi connectivity index (χ0n) is 14.3. The number of carbonyl (C=O) groups excluding carboxylic acids is 1. The lowest BCUT2D eigenvalue weighted by molar-refractivity contribution is -0.118. The molecule has 2 unspecified atom stereocenters. The van der Waals surface area contributed by atoms with E-state index in [4.69, 9.17) is 0 Å². The minimum atomic E-state index is -3.03. The third kappa shape index (κ3) is 3.29. The zero-order valence-corrected chi connectivity index (χ0v) is 15.9. The van der Waals surface area contributed by atoms with E-state index in [1.165, 1.54) is 11.8 Å². The summed E-state index contributed by atoms with van der Waals surface area (Å²) in [5.41, 5.74) is 1.96. The summed E-state index contributed by atoms with van der Waals surface area (Å²) in [6.07, 6.45) is 1.83. The van der Waals surface area contributed by atoms with E-state index >= 15 is 0 Å². The van der Waals surface area contributed by atoms with E-state index in [-0.39, 0.29) is 34.6 Å². The molecule has 134 valence electrons. The Balaban J connectivity index is 1.69. The molecule has 8 heteroatoms. The second-order valence-corrected chi connectivity index (χ2v) is 10.4. The van der Waals surface area contributed by atoms with Gasteiger partial charge in [-0.05, 0) is 37.1 Å². The van der Waals surface area contributed by atoms with Gasteiger partial charge in [-0.2, -0.15) is 4.99 Å². The smallest absolute Gasteiger partial charge is 0.251 e. The van der Waals surface area contributed by atoms with Crippen molar-refractivity contribution in [3.05, 3.63) is 24.3 Å². The SMILES string of the molecule is CN(C)c1ccc(N2C(=NC(=O)C3CC3)SC3CS(=O)(=O)CC32)cc1. The lowest BCUT2D eigenvalue weighted by Crippen LogP contribution is -2.37. The van der Waals surface area contributed by atoms with Gasteiger partial charge in [0.05, 0.1) is 17.5 Å². The molecule has 1 aliphatic carbocycles. The fraction of sp³-hybridized carbons (Fsp3) is 0.529. The van der Waals surface area contributed by atoms with Crippen LogP contribution in [0.15, 0.2) is 29.3 Å². The Kier molecular flexibility index (Phi) is 4.07.